The predicted molar refractivity (Wildman–Crippen MR) is 168 cm³/mol. The molecule has 2 aromatic carbocycles. The number of rotatable bonds is 14. The Morgan fingerprint density at radius 2 is 1.67 bits per heavy atom. The third-order valence-electron chi connectivity index (χ3n) is 6.85. The fraction of sp³-hybridized carbons (Fsp3) is 0.406. The van der Waals surface area contributed by atoms with Crippen LogP contribution in [-0.4, -0.2) is 34.2 Å². The van der Waals surface area contributed by atoms with Crippen LogP contribution in [0.4, 0.5) is 17.1 Å². The second-order valence-electron chi connectivity index (χ2n) is 10.8. The number of hydrogen-bond acceptors (Lipinski definition) is 7. The van der Waals surface area contributed by atoms with E-state index in [9.17, 15) is 24.5 Å². The van der Waals surface area contributed by atoms with Gasteiger partial charge in [-0.2, -0.15) is 0 Å². The van der Waals surface area contributed by atoms with Crippen molar-refractivity contribution < 1.29 is 33.5 Å². The van der Waals surface area contributed by atoms with E-state index in [4.69, 9.17) is 9.05 Å². The second kappa shape index (κ2) is 15.1. The zero-order valence-corrected chi connectivity index (χ0v) is 26.0. The van der Waals surface area contributed by atoms with Gasteiger partial charge in [-0.15, -0.1) is 0 Å². The van der Waals surface area contributed by atoms with Crippen molar-refractivity contribution in [3.05, 3.63) is 70.8 Å². The van der Waals surface area contributed by atoms with Gasteiger partial charge in [0.25, 0.3) is 5.91 Å². The van der Waals surface area contributed by atoms with Gasteiger partial charge in [0.05, 0.1) is 23.5 Å². The van der Waals surface area contributed by atoms with Crippen LogP contribution in [0.3, 0.4) is 0 Å². The number of phosphoric ester groups is 1. The summed E-state index contributed by atoms with van der Waals surface area (Å²) in [6, 6.07) is 7.16. The first-order chi connectivity index (χ1) is 19.9. The lowest BCUT2D eigenvalue weighted by molar-refractivity contribution is 0.0991. The first kappa shape index (κ1) is 33.0. The van der Waals surface area contributed by atoms with Crippen molar-refractivity contribution in [3.63, 3.8) is 0 Å². The average molecular weight is 599 g/mol. The van der Waals surface area contributed by atoms with Gasteiger partial charge in [0, 0.05) is 18.7 Å². The Morgan fingerprint density at radius 3 is 2.36 bits per heavy atom. The SMILES string of the molecule is CCCCOP(=O)(O)Oc1cc(O)c2c(c1)N(C/C=C(\C)CC/C=C(\C)CCC=C(C)C)C(=O)c1cccc(O)c1N2. The van der Waals surface area contributed by atoms with Crippen molar-refractivity contribution in [1.82, 2.24) is 0 Å². The highest BCUT2D eigenvalue weighted by Gasteiger charge is 2.31. The molecule has 0 aromatic heterocycles. The summed E-state index contributed by atoms with van der Waals surface area (Å²) >= 11 is 0. The Bertz CT molecular complexity index is 1410. The Labute approximate surface area is 248 Å². The van der Waals surface area contributed by atoms with E-state index in [0.717, 1.165) is 37.7 Å². The minimum Gasteiger partial charge on any atom is -0.506 e. The standard InChI is InChI=1S/C32H43N2O7P/c1-6-7-19-40-42(38,39)41-25-20-27-31(29(36)21-25)33-30-26(15-10-16-28(30)35)32(37)34(27)18-17-24(5)14-9-13-23(4)12-8-11-22(2)3/h10-11,13,15-17,20-21,33,35-36H,6-9,12,14,18-19H2,1-5H3,(H,38,39)/b23-13+,24-17+. The molecule has 0 fully saturated rings. The van der Waals surface area contributed by atoms with Crippen molar-refractivity contribution in [2.75, 3.05) is 23.4 Å². The molecule has 0 saturated carbocycles. The Balaban J connectivity index is 1.89. The lowest BCUT2D eigenvalue weighted by Gasteiger charge is -2.23. The lowest BCUT2D eigenvalue weighted by atomic mass is 10.1. The maximum Gasteiger partial charge on any atom is 0.527 e. The molecule has 1 aliphatic rings. The van der Waals surface area contributed by atoms with E-state index in [2.05, 4.69) is 38.2 Å². The van der Waals surface area contributed by atoms with Gasteiger partial charge in [-0.3, -0.25) is 14.2 Å². The molecular weight excluding hydrogens is 555 g/mol. The van der Waals surface area contributed by atoms with Gasteiger partial charge in [0.15, 0.2) is 0 Å². The number of para-hydroxylation sites is 1. The number of nitrogens with zero attached hydrogens (tertiary/aromatic N) is 1. The number of unbranched alkanes of at least 4 members (excludes halogenated alkanes) is 1. The first-order valence-electron chi connectivity index (χ1n) is 14.3. The molecule has 42 heavy (non-hydrogen) atoms. The summed E-state index contributed by atoms with van der Waals surface area (Å²) in [4.78, 5) is 25.4. The van der Waals surface area contributed by atoms with Gasteiger partial charge in [-0.05, 0) is 71.9 Å². The van der Waals surface area contributed by atoms with E-state index in [0.29, 0.717) is 6.42 Å². The number of fused-ring (bicyclic) bond motifs is 2. The number of carbonyl (C=O) groups is 1. The number of phenolic OH excluding ortho intramolecular Hbond substituents is 2. The van der Waals surface area contributed by atoms with Gasteiger partial charge in [-0.25, -0.2) is 4.57 Å². The van der Waals surface area contributed by atoms with Gasteiger partial charge in [0.2, 0.25) is 0 Å². The average Bonchev–Trinajstić information content (AvgIpc) is 3.02. The summed E-state index contributed by atoms with van der Waals surface area (Å²) in [5, 5.41) is 24.4. The maximum atomic E-state index is 13.8. The zero-order chi connectivity index (χ0) is 30.9. The van der Waals surface area contributed by atoms with Crippen molar-refractivity contribution in [3.8, 4) is 17.2 Å². The Kier molecular flexibility index (Phi) is 11.9. The predicted octanol–water partition coefficient (Wildman–Crippen LogP) is 8.52. The summed E-state index contributed by atoms with van der Waals surface area (Å²) in [7, 11) is -4.47. The highest BCUT2D eigenvalue weighted by Crippen LogP contribution is 2.50. The second-order valence-corrected chi connectivity index (χ2v) is 12.2. The van der Waals surface area contributed by atoms with Crippen LogP contribution in [0.15, 0.2) is 65.3 Å². The fourth-order valence-corrected chi connectivity index (χ4v) is 5.25. The quantitative estimate of drug-likeness (QED) is 0.0737. The molecule has 1 aliphatic heterocycles. The summed E-state index contributed by atoms with van der Waals surface area (Å²) in [5.41, 5.74) is 4.46. The summed E-state index contributed by atoms with van der Waals surface area (Å²) < 4.78 is 22.8. The van der Waals surface area contributed by atoms with Crippen molar-refractivity contribution in [2.45, 2.75) is 73.1 Å². The first-order valence-corrected chi connectivity index (χ1v) is 15.8. The molecule has 0 radical (unpaired) electrons. The third kappa shape index (κ3) is 9.24. The number of phenols is 2. The van der Waals surface area contributed by atoms with Crippen LogP contribution < -0.4 is 14.7 Å². The molecule has 1 atom stereocenters. The summed E-state index contributed by atoms with van der Waals surface area (Å²) in [6.07, 6.45) is 11.5. The largest absolute Gasteiger partial charge is 0.527 e. The fourth-order valence-electron chi connectivity index (χ4n) is 4.46. The van der Waals surface area contributed by atoms with Gasteiger partial charge in [-0.1, -0.05) is 54.4 Å². The van der Waals surface area contributed by atoms with Crippen LogP contribution >= 0.6 is 7.82 Å². The van der Waals surface area contributed by atoms with Crippen molar-refractivity contribution >= 4 is 30.8 Å². The molecule has 228 valence electrons. The molecule has 1 amide bonds. The number of allylic oxidation sites excluding steroid dienone is 5. The normalized spacial score (nSPS) is 14.8. The van der Waals surface area contributed by atoms with E-state index in [1.54, 1.807) is 12.1 Å². The molecule has 1 unspecified atom stereocenters. The van der Waals surface area contributed by atoms with Gasteiger partial charge >= 0.3 is 7.82 Å². The molecule has 1 heterocycles. The molecule has 0 saturated heterocycles. The number of aromatic hydroxyl groups is 2. The zero-order valence-electron chi connectivity index (χ0n) is 25.1. The minimum atomic E-state index is -4.47. The number of carbonyl (C=O) groups excluding carboxylic acids is 1. The molecule has 0 aliphatic carbocycles. The molecule has 0 bridgehead atoms. The summed E-state index contributed by atoms with van der Waals surface area (Å²) in [5.74, 6) is -1.05. The molecule has 10 heteroatoms. The third-order valence-corrected chi connectivity index (χ3v) is 7.80. The monoisotopic (exact) mass is 598 g/mol. The van der Waals surface area contributed by atoms with E-state index < -0.39 is 13.7 Å². The van der Waals surface area contributed by atoms with E-state index in [1.165, 1.54) is 34.2 Å². The number of amides is 1. The van der Waals surface area contributed by atoms with Crippen LogP contribution in [0, 0.1) is 0 Å². The lowest BCUT2D eigenvalue weighted by Crippen LogP contribution is -2.30. The highest BCUT2D eigenvalue weighted by atomic mass is 31.2. The van der Waals surface area contributed by atoms with E-state index >= 15 is 0 Å². The minimum absolute atomic E-state index is 0.0379. The Hall–Kier alpha value is -3.52. The van der Waals surface area contributed by atoms with Crippen LogP contribution in [0.2, 0.25) is 0 Å². The molecule has 2 aromatic rings. The number of benzene rings is 2. The number of phosphoric acid groups is 1. The van der Waals surface area contributed by atoms with E-state index in [-0.39, 0.29) is 53.0 Å². The molecule has 9 nitrogen and oxygen atoms in total. The number of hydrogen-bond donors (Lipinski definition) is 4. The van der Waals surface area contributed by atoms with Gasteiger partial charge in [0.1, 0.15) is 22.9 Å². The molecule has 0 spiro atoms. The Morgan fingerprint density at radius 1 is 0.976 bits per heavy atom. The van der Waals surface area contributed by atoms with Crippen LogP contribution in [0.1, 0.15) is 83.5 Å². The summed E-state index contributed by atoms with van der Waals surface area (Å²) in [6.45, 7) is 10.5. The number of anilines is 3. The molecular formula is C32H43N2O7P. The topological polar surface area (TPSA) is 129 Å². The smallest absolute Gasteiger partial charge is 0.506 e. The van der Waals surface area contributed by atoms with Crippen molar-refractivity contribution in [2.24, 2.45) is 0 Å². The highest BCUT2D eigenvalue weighted by molar-refractivity contribution is 7.47. The van der Waals surface area contributed by atoms with Crippen LogP contribution in [0.25, 0.3) is 0 Å². The molecule has 4 N–H and O–H groups in total. The van der Waals surface area contributed by atoms with Gasteiger partial charge < -0.3 is 25.0 Å². The van der Waals surface area contributed by atoms with Crippen LogP contribution in [-0.2, 0) is 9.09 Å². The van der Waals surface area contributed by atoms with Crippen molar-refractivity contribution in [1.29, 1.82) is 0 Å². The molecule has 3 rings (SSSR count). The van der Waals surface area contributed by atoms with Crippen LogP contribution in [0.5, 0.6) is 17.2 Å². The number of nitrogens with one attached hydrogen (secondary N) is 1. The van der Waals surface area contributed by atoms with E-state index in [1.807, 2.05) is 19.9 Å². The maximum absolute atomic E-state index is 13.8.